The average Bonchev–Trinajstić information content (AvgIpc) is 2.36. The van der Waals surface area contributed by atoms with Crippen LogP contribution in [0, 0.1) is 5.92 Å². The van der Waals surface area contributed by atoms with E-state index in [0.717, 1.165) is 36.7 Å². The van der Waals surface area contributed by atoms with Gasteiger partial charge in [-0.15, -0.1) is 24.8 Å². The van der Waals surface area contributed by atoms with Gasteiger partial charge in [-0.3, -0.25) is 4.90 Å². The van der Waals surface area contributed by atoms with Crippen molar-refractivity contribution in [3.63, 3.8) is 0 Å². The normalized spacial score (nSPS) is 21.2. The van der Waals surface area contributed by atoms with Crippen molar-refractivity contribution in [3.05, 3.63) is 28.5 Å². The minimum Gasteiger partial charge on any atom is -0.314 e. The van der Waals surface area contributed by atoms with Crippen LogP contribution in [0.2, 0.25) is 0 Å². The van der Waals surface area contributed by atoms with Gasteiger partial charge in [0.25, 0.3) is 0 Å². The lowest BCUT2D eigenvalue weighted by molar-refractivity contribution is 0.0835. The lowest BCUT2D eigenvalue weighted by Gasteiger charge is -2.43. The first-order valence-corrected chi connectivity index (χ1v) is 7.70. The Kier molecular flexibility index (Phi) is 7.77. The Bertz CT molecular complexity index is 392. The predicted molar refractivity (Wildman–Crippen MR) is 91.0 cm³/mol. The number of aromatic nitrogens is 1. The summed E-state index contributed by atoms with van der Waals surface area (Å²) in [4.78, 5) is 7.05. The molecule has 0 unspecified atom stereocenters. The SMILES string of the molecule is Brc1ccc([C@H](C2CCC2)N2CCNCC2)cn1.Cl.Cl. The van der Waals surface area contributed by atoms with E-state index in [1.165, 1.54) is 24.8 Å². The lowest BCUT2D eigenvalue weighted by atomic mass is 9.76. The molecule has 2 fully saturated rings. The number of halogens is 3. The van der Waals surface area contributed by atoms with Crippen molar-refractivity contribution in [1.82, 2.24) is 15.2 Å². The van der Waals surface area contributed by atoms with Crippen molar-refractivity contribution in [2.45, 2.75) is 25.3 Å². The van der Waals surface area contributed by atoms with Gasteiger partial charge in [0.1, 0.15) is 4.60 Å². The topological polar surface area (TPSA) is 28.2 Å². The molecule has 0 aromatic carbocycles. The molecule has 0 bridgehead atoms. The number of rotatable bonds is 3. The molecule has 1 atom stereocenters. The van der Waals surface area contributed by atoms with Gasteiger partial charge in [0.2, 0.25) is 0 Å². The fraction of sp³-hybridized carbons (Fsp3) is 0.643. The zero-order valence-corrected chi connectivity index (χ0v) is 14.6. The first kappa shape index (κ1) is 18.2. The number of hydrogen-bond acceptors (Lipinski definition) is 3. The molecule has 0 spiro atoms. The Morgan fingerprint density at radius 1 is 1.20 bits per heavy atom. The van der Waals surface area contributed by atoms with Crippen LogP contribution in [-0.2, 0) is 0 Å². The van der Waals surface area contributed by atoms with Gasteiger partial charge >= 0.3 is 0 Å². The summed E-state index contributed by atoms with van der Waals surface area (Å²) in [6, 6.07) is 4.90. The summed E-state index contributed by atoms with van der Waals surface area (Å²) in [5, 5.41) is 3.44. The Morgan fingerprint density at radius 3 is 2.40 bits per heavy atom. The van der Waals surface area contributed by atoms with E-state index in [9.17, 15) is 0 Å². The molecule has 1 N–H and O–H groups in total. The maximum Gasteiger partial charge on any atom is 0.106 e. The van der Waals surface area contributed by atoms with Crippen LogP contribution < -0.4 is 5.32 Å². The zero-order chi connectivity index (χ0) is 12.4. The van der Waals surface area contributed by atoms with Gasteiger partial charge in [0, 0.05) is 38.4 Å². The van der Waals surface area contributed by atoms with Gasteiger partial charge in [-0.05, 0) is 46.3 Å². The molecular weight excluding hydrogens is 361 g/mol. The molecule has 114 valence electrons. The Balaban J connectivity index is 0.000001000. The number of nitrogens with zero attached hydrogens (tertiary/aromatic N) is 2. The number of piperazine rings is 1. The third kappa shape index (κ3) is 4.08. The molecule has 1 aliphatic carbocycles. The molecule has 1 saturated heterocycles. The minimum atomic E-state index is 0. The van der Waals surface area contributed by atoms with Crippen LogP contribution in [0.5, 0.6) is 0 Å². The van der Waals surface area contributed by atoms with Crippen molar-refractivity contribution in [3.8, 4) is 0 Å². The van der Waals surface area contributed by atoms with Crippen LogP contribution in [0.1, 0.15) is 30.9 Å². The van der Waals surface area contributed by atoms with E-state index >= 15 is 0 Å². The van der Waals surface area contributed by atoms with Gasteiger partial charge in [0.15, 0.2) is 0 Å². The van der Waals surface area contributed by atoms with Crippen molar-refractivity contribution >= 4 is 40.7 Å². The van der Waals surface area contributed by atoms with Crippen molar-refractivity contribution < 1.29 is 0 Å². The molecule has 0 amide bonds. The lowest BCUT2D eigenvalue weighted by Crippen LogP contribution is -2.47. The third-order valence-corrected chi connectivity index (χ3v) is 4.70. The van der Waals surface area contributed by atoms with Gasteiger partial charge in [-0.1, -0.05) is 12.5 Å². The van der Waals surface area contributed by atoms with E-state index in [1.54, 1.807) is 0 Å². The van der Waals surface area contributed by atoms with Crippen LogP contribution in [-0.4, -0.2) is 36.1 Å². The highest BCUT2D eigenvalue weighted by Gasteiger charge is 2.33. The Hall–Kier alpha value is 0.130. The zero-order valence-electron chi connectivity index (χ0n) is 11.4. The number of pyridine rings is 1. The van der Waals surface area contributed by atoms with E-state index in [0.29, 0.717) is 6.04 Å². The van der Waals surface area contributed by atoms with E-state index in [2.05, 4.69) is 49.5 Å². The van der Waals surface area contributed by atoms with E-state index in [1.807, 2.05) is 0 Å². The monoisotopic (exact) mass is 381 g/mol. The van der Waals surface area contributed by atoms with Gasteiger partial charge < -0.3 is 5.32 Å². The van der Waals surface area contributed by atoms with Crippen molar-refractivity contribution in [2.24, 2.45) is 5.92 Å². The number of hydrogen-bond donors (Lipinski definition) is 1. The second-order valence-electron chi connectivity index (χ2n) is 5.34. The summed E-state index contributed by atoms with van der Waals surface area (Å²) >= 11 is 3.42. The molecule has 1 saturated carbocycles. The Labute approximate surface area is 141 Å². The fourth-order valence-corrected chi connectivity index (χ4v) is 3.29. The maximum atomic E-state index is 4.41. The second kappa shape index (κ2) is 8.54. The summed E-state index contributed by atoms with van der Waals surface area (Å²) in [7, 11) is 0. The van der Waals surface area contributed by atoms with Gasteiger partial charge in [0.05, 0.1) is 0 Å². The maximum absolute atomic E-state index is 4.41. The Morgan fingerprint density at radius 2 is 1.90 bits per heavy atom. The molecule has 6 heteroatoms. The highest BCUT2D eigenvalue weighted by atomic mass is 79.9. The average molecular weight is 383 g/mol. The number of nitrogens with one attached hydrogen (secondary N) is 1. The summed E-state index contributed by atoms with van der Waals surface area (Å²) < 4.78 is 0.930. The van der Waals surface area contributed by atoms with E-state index < -0.39 is 0 Å². The smallest absolute Gasteiger partial charge is 0.106 e. The molecule has 3 rings (SSSR count). The quantitative estimate of drug-likeness (QED) is 0.811. The molecular formula is C14H22BrCl2N3. The van der Waals surface area contributed by atoms with Crippen LogP contribution in [0.4, 0.5) is 0 Å². The first-order chi connectivity index (χ1) is 8.84. The largest absolute Gasteiger partial charge is 0.314 e. The summed E-state index contributed by atoms with van der Waals surface area (Å²) in [6.07, 6.45) is 6.21. The summed E-state index contributed by atoms with van der Waals surface area (Å²) in [5.74, 6) is 0.839. The first-order valence-electron chi connectivity index (χ1n) is 6.91. The summed E-state index contributed by atoms with van der Waals surface area (Å²) in [6.45, 7) is 4.56. The van der Waals surface area contributed by atoms with E-state index in [4.69, 9.17) is 0 Å². The second-order valence-corrected chi connectivity index (χ2v) is 6.15. The third-order valence-electron chi connectivity index (χ3n) is 4.23. The highest BCUT2D eigenvalue weighted by Crippen LogP contribution is 2.41. The molecule has 2 heterocycles. The van der Waals surface area contributed by atoms with Crippen molar-refractivity contribution in [2.75, 3.05) is 26.2 Å². The van der Waals surface area contributed by atoms with Crippen LogP contribution in [0.25, 0.3) is 0 Å². The van der Waals surface area contributed by atoms with Crippen molar-refractivity contribution in [1.29, 1.82) is 0 Å². The van der Waals surface area contributed by atoms with Crippen LogP contribution >= 0.6 is 40.7 Å². The molecule has 0 radical (unpaired) electrons. The van der Waals surface area contributed by atoms with Crippen LogP contribution in [0.15, 0.2) is 22.9 Å². The molecule has 3 nitrogen and oxygen atoms in total. The molecule has 1 aromatic rings. The molecule has 20 heavy (non-hydrogen) atoms. The minimum absolute atomic E-state index is 0. The standard InChI is InChI=1S/C14H20BrN3.2ClH/c15-13-5-4-12(10-17-13)14(11-2-1-3-11)18-8-6-16-7-9-18;;/h4-5,10-11,14,16H,1-3,6-9H2;2*1H/t14-;;/m0../s1. The molecule has 2 aliphatic rings. The molecule has 1 aromatic heterocycles. The fourth-order valence-electron chi connectivity index (χ4n) is 3.06. The predicted octanol–water partition coefficient (Wildman–Crippen LogP) is 3.43. The van der Waals surface area contributed by atoms with Gasteiger partial charge in [-0.25, -0.2) is 4.98 Å². The highest BCUT2D eigenvalue weighted by molar-refractivity contribution is 9.10. The van der Waals surface area contributed by atoms with E-state index in [-0.39, 0.29) is 24.8 Å². The van der Waals surface area contributed by atoms with Gasteiger partial charge in [-0.2, -0.15) is 0 Å². The molecule has 1 aliphatic heterocycles. The van der Waals surface area contributed by atoms with Crippen LogP contribution in [0.3, 0.4) is 0 Å². The summed E-state index contributed by atoms with van der Waals surface area (Å²) in [5.41, 5.74) is 1.39.